The Morgan fingerprint density at radius 1 is 0.860 bits per heavy atom. The maximum Gasteiger partial charge on any atom is 0.264 e. The number of sulfonamides is 1. The highest BCUT2D eigenvalue weighted by atomic mass is 32.2. The van der Waals surface area contributed by atoms with E-state index in [1.165, 1.54) is 10.7 Å². The standard InChI is InChI=1S/C35H45N3O4S/c1-6-32(35(40)36-30-13-8-7-9-14-30)37(23-29-12-10-11-26(3)21-29)34(39)24-38(33-22-27(4)15-18-28(33)5)43(41,42)31-19-16-25(2)17-20-31/h10-12,15-22,30,32H,6-9,13-14,23-24H2,1-5H3,(H,36,40)/t32-/m0/s1. The molecule has 0 radical (unpaired) electrons. The van der Waals surface area contributed by atoms with E-state index in [0.29, 0.717) is 12.1 Å². The van der Waals surface area contributed by atoms with Crippen LogP contribution in [0, 0.1) is 27.7 Å². The van der Waals surface area contributed by atoms with Crippen molar-refractivity contribution in [3.63, 3.8) is 0 Å². The number of rotatable bonds is 11. The lowest BCUT2D eigenvalue weighted by atomic mass is 9.95. The first-order chi connectivity index (χ1) is 20.5. The first-order valence-corrected chi connectivity index (χ1v) is 16.8. The molecule has 4 rings (SSSR count). The summed E-state index contributed by atoms with van der Waals surface area (Å²) in [4.78, 5) is 29.8. The molecule has 1 saturated carbocycles. The Hall–Kier alpha value is -3.65. The third-order valence-corrected chi connectivity index (χ3v) is 10.1. The third-order valence-electron chi connectivity index (χ3n) is 8.29. The number of hydrogen-bond acceptors (Lipinski definition) is 4. The van der Waals surface area contributed by atoms with Crippen molar-refractivity contribution in [2.75, 3.05) is 10.8 Å². The first kappa shape index (κ1) is 32.3. The molecule has 0 heterocycles. The topological polar surface area (TPSA) is 86.8 Å². The molecule has 230 valence electrons. The Kier molecular flexibility index (Phi) is 10.7. The molecule has 0 aliphatic heterocycles. The van der Waals surface area contributed by atoms with Crippen molar-refractivity contribution in [3.8, 4) is 0 Å². The molecule has 1 aliphatic carbocycles. The average Bonchev–Trinajstić information content (AvgIpc) is 2.97. The van der Waals surface area contributed by atoms with E-state index in [1.807, 2.05) is 71.0 Å². The van der Waals surface area contributed by atoms with Crippen LogP contribution in [0.15, 0.2) is 71.6 Å². The van der Waals surface area contributed by atoms with Gasteiger partial charge in [-0.2, -0.15) is 0 Å². The summed E-state index contributed by atoms with van der Waals surface area (Å²) in [5.41, 5.74) is 4.94. The number of hydrogen-bond donors (Lipinski definition) is 1. The van der Waals surface area contributed by atoms with E-state index >= 15 is 0 Å². The van der Waals surface area contributed by atoms with E-state index in [2.05, 4.69) is 5.32 Å². The summed E-state index contributed by atoms with van der Waals surface area (Å²) < 4.78 is 29.6. The van der Waals surface area contributed by atoms with Gasteiger partial charge in [0.15, 0.2) is 0 Å². The predicted molar refractivity (Wildman–Crippen MR) is 172 cm³/mol. The normalized spacial score (nSPS) is 14.6. The van der Waals surface area contributed by atoms with Gasteiger partial charge in [-0.3, -0.25) is 13.9 Å². The van der Waals surface area contributed by atoms with Crippen LogP contribution >= 0.6 is 0 Å². The molecule has 43 heavy (non-hydrogen) atoms. The van der Waals surface area contributed by atoms with Crippen LogP contribution in [0.1, 0.15) is 73.3 Å². The van der Waals surface area contributed by atoms with Crippen molar-refractivity contribution in [2.45, 2.75) is 96.7 Å². The second-order valence-electron chi connectivity index (χ2n) is 11.9. The van der Waals surface area contributed by atoms with E-state index < -0.39 is 28.5 Å². The lowest BCUT2D eigenvalue weighted by molar-refractivity contribution is -0.140. The second kappa shape index (κ2) is 14.2. The zero-order valence-corrected chi connectivity index (χ0v) is 26.9. The number of anilines is 1. The van der Waals surface area contributed by atoms with Gasteiger partial charge in [0.2, 0.25) is 11.8 Å². The number of carbonyl (C=O) groups excluding carboxylic acids is 2. The van der Waals surface area contributed by atoms with E-state index in [9.17, 15) is 18.0 Å². The maximum absolute atomic E-state index is 14.4. The Labute approximate surface area is 257 Å². The monoisotopic (exact) mass is 603 g/mol. The van der Waals surface area contributed by atoms with Crippen molar-refractivity contribution in [1.29, 1.82) is 0 Å². The molecule has 0 saturated heterocycles. The number of amides is 2. The highest BCUT2D eigenvalue weighted by Crippen LogP contribution is 2.29. The molecule has 0 spiro atoms. The van der Waals surface area contributed by atoms with Gasteiger partial charge in [-0.15, -0.1) is 0 Å². The van der Waals surface area contributed by atoms with E-state index in [4.69, 9.17) is 0 Å². The van der Waals surface area contributed by atoms with Gasteiger partial charge in [-0.1, -0.05) is 85.8 Å². The summed E-state index contributed by atoms with van der Waals surface area (Å²) in [6.45, 7) is 9.28. The zero-order chi connectivity index (χ0) is 31.1. The minimum Gasteiger partial charge on any atom is -0.352 e. The van der Waals surface area contributed by atoms with E-state index in [-0.39, 0.29) is 23.4 Å². The SMILES string of the molecule is CC[C@@H](C(=O)NC1CCCCC1)N(Cc1cccc(C)c1)C(=O)CN(c1cc(C)ccc1C)S(=O)(=O)c1ccc(C)cc1. The summed E-state index contributed by atoms with van der Waals surface area (Å²) in [6, 6.07) is 19.4. The van der Waals surface area contributed by atoms with E-state index in [1.54, 1.807) is 35.2 Å². The number of nitrogens with zero attached hydrogens (tertiary/aromatic N) is 2. The number of benzene rings is 3. The van der Waals surface area contributed by atoms with Crippen molar-refractivity contribution < 1.29 is 18.0 Å². The van der Waals surface area contributed by atoms with Gasteiger partial charge in [0.25, 0.3) is 10.0 Å². The Balaban J connectivity index is 1.74. The summed E-state index contributed by atoms with van der Waals surface area (Å²) in [5, 5.41) is 3.20. The van der Waals surface area contributed by atoms with Crippen LogP contribution in [0.2, 0.25) is 0 Å². The van der Waals surface area contributed by atoms with Crippen molar-refractivity contribution in [1.82, 2.24) is 10.2 Å². The quantitative estimate of drug-likeness (QED) is 0.276. The average molecular weight is 604 g/mol. The Bertz CT molecular complexity index is 1530. The first-order valence-electron chi connectivity index (χ1n) is 15.3. The minimum absolute atomic E-state index is 0.0968. The number of nitrogens with one attached hydrogen (secondary N) is 1. The molecule has 1 N–H and O–H groups in total. The van der Waals surface area contributed by atoms with Gasteiger partial charge >= 0.3 is 0 Å². The summed E-state index contributed by atoms with van der Waals surface area (Å²) in [5.74, 6) is -0.612. The van der Waals surface area contributed by atoms with Crippen LogP contribution in [0.3, 0.4) is 0 Å². The third kappa shape index (κ3) is 8.05. The van der Waals surface area contributed by atoms with Gasteiger partial charge in [0.05, 0.1) is 10.6 Å². The van der Waals surface area contributed by atoms with Gasteiger partial charge < -0.3 is 10.2 Å². The molecule has 0 unspecified atom stereocenters. The fraction of sp³-hybridized carbons (Fsp3) is 0.429. The number of carbonyl (C=O) groups is 2. The van der Waals surface area contributed by atoms with Crippen molar-refractivity contribution in [3.05, 3.63) is 94.5 Å². The van der Waals surface area contributed by atoms with Crippen LogP contribution in [0.4, 0.5) is 5.69 Å². The van der Waals surface area contributed by atoms with Crippen LogP contribution in [-0.4, -0.2) is 43.8 Å². The summed E-state index contributed by atoms with van der Waals surface area (Å²) >= 11 is 0. The molecule has 2 amide bonds. The largest absolute Gasteiger partial charge is 0.352 e. The highest BCUT2D eigenvalue weighted by Gasteiger charge is 2.35. The van der Waals surface area contributed by atoms with Gasteiger partial charge in [-0.25, -0.2) is 8.42 Å². The van der Waals surface area contributed by atoms with Crippen LogP contribution < -0.4 is 9.62 Å². The molecule has 1 aliphatic rings. The molecule has 7 nitrogen and oxygen atoms in total. The second-order valence-corrected chi connectivity index (χ2v) is 13.8. The fourth-order valence-corrected chi connectivity index (χ4v) is 7.28. The minimum atomic E-state index is -4.11. The molecule has 0 aromatic heterocycles. The van der Waals surface area contributed by atoms with Crippen LogP contribution in [-0.2, 0) is 26.2 Å². The van der Waals surface area contributed by atoms with Crippen LogP contribution in [0.25, 0.3) is 0 Å². The molecule has 3 aromatic rings. The van der Waals surface area contributed by atoms with Crippen molar-refractivity contribution >= 4 is 27.5 Å². The fourth-order valence-electron chi connectivity index (χ4n) is 5.81. The molecule has 3 aromatic carbocycles. The molecule has 8 heteroatoms. The van der Waals surface area contributed by atoms with Gasteiger partial charge in [0.1, 0.15) is 12.6 Å². The lowest BCUT2D eigenvalue weighted by Gasteiger charge is -2.35. The Morgan fingerprint density at radius 2 is 1.51 bits per heavy atom. The highest BCUT2D eigenvalue weighted by molar-refractivity contribution is 7.92. The Morgan fingerprint density at radius 3 is 2.16 bits per heavy atom. The molecule has 0 bridgehead atoms. The van der Waals surface area contributed by atoms with Crippen molar-refractivity contribution in [2.24, 2.45) is 0 Å². The van der Waals surface area contributed by atoms with Gasteiger partial charge in [-0.05, 0) is 81.8 Å². The maximum atomic E-state index is 14.4. The predicted octanol–water partition coefficient (Wildman–Crippen LogP) is 6.37. The smallest absolute Gasteiger partial charge is 0.264 e. The molecular formula is C35H45N3O4S. The number of aryl methyl sites for hydroxylation is 4. The lowest BCUT2D eigenvalue weighted by Crippen LogP contribution is -2.54. The molecular weight excluding hydrogens is 558 g/mol. The summed E-state index contributed by atoms with van der Waals surface area (Å²) in [6.07, 6.45) is 5.60. The molecule has 1 atom stereocenters. The van der Waals surface area contributed by atoms with E-state index in [0.717, 1.165) is 53.5 Å². The molecule has 1 fully saturated rings. The van der Waals surface area contributed by atoms with Gasteiger partial charge in [0, 0.05) is 12.6 Å². The summed E-state index contributed by atoms with van der Waals surface area (Å²) in [7, 11) is -4.11. The zero-order valence-electron chi connectivity index (χ0n) is 26.1. The van der Waals surface area contributed by atoms with Crippen LogP contribution in [0.5, 0.6) is 0 Å².